The fourth-order valence-electron chi connectivity index (χ4n) is 1.27. The molecule has 0 saturated carbocycles. The smallest absolute Gasteiger partial charge is 0.165 e. The molecular formula is C11H8FNO2. The molecule has 0 aliphatic heterocycles. The standard InChI is InChI=1S/C11H8FNO2/c12-10-4-7(1-2-11(10)15)8-3-9(14)6-13-5-8/h1-6,14-15H. The van der Waals surface area contributed by atoms with Gasteiger partial charge in [-0.3, -0.25) is 4.98 Å². The van der Waals surface area contributed by atoms with E-state index in [1.165, 1.54) is 30.6 Å². The SMILES string of the molecule is Oc1cncc(-c2ccc(O)c(F)c2)c1. The molecule has 0 fully saturated rings. The minimum Gasteiger partial charge on any atom is -0.506 e. The second-order valence-corrected chi connectivity index (χ2v) is 3.10. The molecule has 2 rings (SSSR count). The van der Waals surface area contributed by atoms with E-state index in [1.54, 1.807) is 6.07 Å². The fraction of sp³-hybridized carbons (Fsp3) is 0. The normalized spacial score (nSPS) is 10.2. The Morgan fingerprint density at radius 1 is 1.00 bits per heavy atom. The van der Waals surface area contributed by atoms with Crippen LogP contribution in [0.1, 0.15) is 0 Å². The number of benzene rings is 1. The quantitative estimate of drug-likeness (QED) is 0.751. The summed E-state index contributed by atoms with van der Waals surface area (Å²) in [6.45, 7) is 0. The van der Waals surface area contributed by atoms with Crippen molar-refractivity contribution in [3.8, 4) is 22.6 Å². The summed E-state index contributed by atoms with van der Waals surface area (Å²) < 4.78 is 13.0. The maximum atomic E-state index is 13.0. The molecule has 15 heavy (non-hydrogen) atoms. The highest BCUT2D eigenvalue weighted by Gasteiger charge is 2.04. The predicted molar refractivity (Wildman–Crippen MR) is 53.0 cm³/mol. The van der Waals surface area contributed by atoms with Gasteiger partial charge in [-0.1, -0.05) is 6.07 Å². The molecule has 4 heteroatoms. The van der Waals surface area contributed by atoms with Gasteiger partial charge in [0.05, 0.1) is 6.20 Å². The number of rotatable bonds is 1. The number of pyridine rings is 1. The van der Waals surface area contributed by atoms with Crippen LogP contribution in [0, 0.1) is 5.82 Å². The Bertz CT molecular complexity index is 500. The average molecular weight is 205 g/mol. The molecule has 1 heterocycles. The van der Waals surface area contributed by atoms with Gasteiger partial charge < -0.3 is 10.2 Å². The third-order valence-corrected chi connectivity index (χ3v) is 2.00. The first-order valence-corrected chi connectivity index (χ1v) is 4.30. The number of halogens is 1. The lowest BCUT2D eigenvalue weighted by atomic mass is 10.1. The molecule has 0 aliphatic carbocycles. The predicted octanol–water partition coefficient (Wildman–Crippen LogP) is 2.30. The highest BCUT2D eigenvalue weighted by atomic mass is 19.1. The molecule has 2 aromatic rings. The van der Waals surface area contributed by atoms with Crippen LogP contribution in [0.2, 0.25) is 0 Å². The molecule has 1 aromatic heterocycles. The molecule has 0 radical (unpaired) electrons. The van der Waals surface area contributed by atoms with E-state index in [-0.39, 0.29) is 5.75 Å². The van der Waals surface area contributed by atoms with Crippen LogP contribution in [0.5, 0.6) is 11.5 Å². The first-order valence-electron chi connectivity index (χ1n) is 4.30. The summed E-state index contributed by atoms with van der Waals surface area (Å²) in [5.74, 6) is -1.08. The van der Waals surface area contributed by atoms with Crippen LogP contribution < -0.4 is 0 Å². The Hall–Kier alpha value is -2.10. The van der Waals surface area contributed by atoms with Crippen LogP contribution >= 0.6 is 0 Å². The minimum atomic E-state index is -0.698. The number of aromatic nitrogens is 1. The third kappa shape index (κ3) is 1.88. The second-order valence-electron chi connectivity index (χ2n) is 3.10. The Balaban J connectivity index is 2.50. The highest BCUT2D eigenvalue weighted by Crippen LogP contribution is 2.25. The van der Waals surface area contributed by atoms with Crippen molar-refractivity contribution in [3.05, 3.63) is 42.5 Å². The minimum absolute atomic E-state index is 0.0148. The van der Waals surface area contributed by atoms with E-state index < -0.39 is 11.6 Å². The summed E-state index contributed by atoms with van der Waals surface area (Å²) in [4.78, 5) is 3.78. The van der Waals surface area contributed by atoms with Gasteiger partial charge in [0.15, 0.2) is 11.6 Å². The van der Waals surface area contributed by atoms with Gasteiger partial charge >= 0.3 is 0 Å². The number of hydrogen-bond donors (Lipinski definition) is 2. The zero-order chi connectivity index (χ0) is 10.8. The first-order chi connectivity index (χ1) is 7.16. The Labute approximate surface area is 85.5 Å². The van der Waals surface area contributed by atoms with Crippen LogP contribution in [0.15, 0.2) is 36.7 Å². The Morgan fingerprint density at radius 2 is 1.80 bits per heavy atom. The maximum Gasteiger partial charge on any atom is 0.165 e. The molecule has 0 amide bonds. The number of phenolic OH excluding ortho intramolecular Hbond substituents is 1. The molecule has 0 saturated heterocycles. The summed E-state index contributed by atoms with van der Waals surface area (Å²) in [5, 5.41) is 18.2. The molecule has 0 aliphatic rings. The lowest BCUT2D eigenvalue weighted by molar-refractivity contribution is 0.432. The van der Waals surface area contributed by atoms with E-state index in [0.717, 1.165) is 0 Å². The van der Waals surface area contributed by atoms with Crippen LogP contribution in [0.25, 0.3) is 11.1 Å². The summed E-state index contributed by atoms with van der Waals surface area (Å²) in [6, 6.07) is 5.47. The lowest BCUT2D eigenvalue weighted by Crippen LogP contribution is -1.82. The molecule has 1 aromatic carbocycles. The van der Waals surface area contributed by atoms with Crippen LogP contribution in [-0.4, -0.2) is 15.2 Å². The van der Waals surface area contributed by atoms with Crippen molar-refractivity contribution < 1.29 is 14.6 Å². The van der Waals surface area contributed by atoms with E-state index in [2.05, 4.69) is 4.98 Å². The highest BCUT2D eigenvalue weighted by molar-refractivity contribution is 5.64. The molecular weight excluding hydrogens is 197 g/mol. The van der Waals surface area contributed by atoms with Crippen molar-refractivity contribution in [1.82, 2.24) is 4.98 Å². The van der Waals surface area contributed by atoms with Crippen molar-refractivity contribution in [1.29, 1.82) is 0 Å². The van der Waals surface area contributed by atoms with Crippen molar-refractivity contribution in [2.45, 2.75) is 0 Å². The molecule has 0 bridgehead atoms. The van der Waals surface area contributed by atoms with Crippen molar-refractivity contribution in [2.75, 3.05) is 0 Å². The van der Waals surface area contributed by atoms with E-state index in [0.29, 0.717) is 11.1 Å². The van der Waals surface area contributed by atoms with E-state index in [9.17, 15) is 9.50 Å². The van der Waals surface area contributed by atoms with Gasteiger partial charge in [-0.15, -0.1) is 0 Å². The molecule has 2 N–H and O–H groups in total. The number of phenols is 1. The largest absolute Gasteiger partial charge is 0.506 e. The summed E-state index contributed by atoms with van der Waals surface area (Å²) in [6.07, 6.45) is 2.80. The van der Waals surface area contributed by atoms with Gasteiger partial charge in [0.25, 0.3) is 0 Å². The van der Waals surface area contributed by atoms with E-state index >= 15 is 0 Å². The maximum absolute atomic E-state index is 13.0. The van der Waals surface area contributed by atoms with Gasteiger partial charge in [0, 0.05) is 11.8 Å². The van der Waals surface area contributed by atoms with Gasteiger partial charge in [-0.25, -0.2) is 4.39 Å². The fourth-order valence-corrected chi connectivity index (χ4v) is 1.27. The van der Waals surface area contributed by atoms with Gasteiger partial charge in [-0.2, -0.15) is 0 Å². The van der Waals surface area contributed by atoms with Crippen molar-refractivity contribution in [2.24, 2.45) is 0 Å². The zero-order valence-corrected chi connectivity index (χ0v) is 7.68. The van der Waals surface area contributed by atoms with Crippen LogP contribution in [-0.2, 0) is 0 Å². The monoisotopic (exact) mass is 205 g/mol. The molecule has 0 atom stereocenters. The van der Waals surface area contributed by atoms with Crippen LogP contribution in [0.3, 0.4) is 0 Å². The summed E-state index contributed by atoms with van der Waals surface area (Å²) in [5.41, 5.74) is 1.14. The Morgan fingerprint density at radius 3 is 2.47 bits per heavy atom. The Kier molecular flexibility index (Phi) is 2.25. The molecule has 0 unspecified atom stereocenters. The summed E-state index contributed by atoms with van der Waals surface area (Å²) >= 11 is 0. The summed E-state index contributed by atoms with van der Waals surface area (Å²) in [7, 11) is 0. The molecule has 0 spiro atoms. The van der Waals surface area contributed by atoms with E-state index in [1.807, 2.05) is 0 Å². The average Bonchev–Trinajstić information content (AvgIpc) is 2.22. The molecule has 76 valence electrons. The second kappa shape index (κ2) is 3.57. The third-order valence-electron chi connectivity index (χ3n) is 2.00. The topological polar surface area (TPSA) is 53.4 Å². The lowest BCUT2D eigenvalue weighted by Gasteiger charge is -2.02. The first kappa shape index (κ1) is 9.45. The number of hydrogen-bond acceptors (Lipinski definition) is 3. The van der Waals surface area contributed by atoms with E-state index in [4.69, 9.17) is 5.11 Å². The van der Waals surface area contributed by atoms with Crippen molar-refractivity contribution >= 4 is 0 Å². The van der Waals surface area contributed by atoms with Gasteiger partial charge in [-0.05, 0) is 23.8 Å². The van der Waals surface area contributed by atoms with Gasteiger partial charge in [0.2, 0.25) is 0 Å². The van der Waals surface area contributed by atoms with Crippen molar-refractivity contribution in [3.63, 3.8) is 0 Å². The number of aromatic hydroxyl groups is 2. The number of nitrogens with zero attached hydrogens (tertiary/aromatic N) is 1. The van der Waals surface area contributed by atoms with Crippen LogP contribution in [0.4, 0.5) is 4.39 Å². The molecule has 3 nitrogen and oxygen atoms in total. The zero-order valence-electron chi connectivity index (χ0n) is 7.68. The van der Waals surface area contributed by atoms with Gasteiger partial charge in [0.1, 0.15) is 5.75 Å².